The van der Waals surface area contributed by atoms with Crippen LogP contribution in [0.15, 0.2) is 65.0 Å². The highest BCUT2D eigenvalue weighted by atomic mass is 19.4. The van der Waals surface area contributed by atoms with Crippen LogP contribution in [0, 0.1) is 6.92 Å². The van der Waals surface area contributed by atoms with Crippen molar-refractivity contribution in [3.63, 3.8) is 0 Å². The fraction of sp³-hybridized carbons (Fsp3) is 0.158. The van der Waals surface area contributed by atoms with Gasteiger partial charge in [-0.1, -0.05) is 23.4 Å². The Kier molecular flexibility index (Phi) is 4.85. The predicted octanol–water partition coefficient (Wildman–Crippen LogP) is 4.44. The second kappa shape index (κ2) is 7.47. The number of aromatic nitrogens is 2. The summed E-state index contributed by atoms with van der Waals surface area (Å²) in [6.07, 6.45) is -3.61. The van der Waals surface area contributed by atoms with Crippen molar-refractivity contribution in [2.24, 2.45) is 0 Å². The van der Waals surface area contributed by atoms with Crippen molar-refractivity contribution in [3.05, 3.63) is 71.9 Å². The summed E-state index contributed by atoms with van der Waals surface area (Å²) in [5, 5.41) is 3.75. The summed E-state index contributed by atoms with van der Waals surface area (Å²) in [4.78, 5) is 9.58. The summed E-state index contributed by atoms with van der Waals surface area (Å²) >= 11 is 0. The zero-order valence-corrected chi connectivity index (χ0v) is 14.9. The molecule has 0 spiro atoms. The van der Waals surface area contributed by atoms with E-state index in [-0.39, 0.29) is 5.75 Å². The van der Waals surface area contributed by atoms with Crippen LogP contribution in [-0.2, 0) is 4.84 Å². The lowest BCUT2D eigenvalue weighted by atomic mass is 10.1. The lowest BCUT2D eigenvalue weighted by Crippen LogP contribution is -2.17. The first kappa shape index (κ1) is 18.8. The molecule has 2 heterocycles. The highest BCUT2D eigenvalue weighted by Crippen LogP contribution is 2.30. The van der Waals surface area contributed by atoms with Gasteiger partial charge >= 0.3 is 6.36 Å². The zero-order valence-electron chi connectivity index (χ0n) is 14.9. The number of rotatable bonds is 5. The maximum Gasteiger partial charge on any atom is 0.573 e. The number of alkyl halides is 3. The first-order valence-electron chi connectivity index (χ1n) is 8.43. The van der Waals surface area contributed by atoms with Gasteiger partial charge in [0.25, 0.3) is 5.89 Å². The third kappa shape index (κ3) is 4.66. The molecule has 4 rings (SSSR count). The van der Waals surface area contributed by atoms with Gasteiger partial charge in [-0.3, -0.25) is 4.84 Å². The van der Waals surface area contributed by atoms with Gasteiger partial charge in [0.2, 0.25) is 5.88 Å². The molecule has 29 heavy (non-hydrogen) atoms. The van der Waals surface area contributed by atoms with E-state index in [2.05, 4.69) is 20.4 Å². The second-order valence-electron chi connectivity index (χ2n) is 6.06. The molecule has 1 aliphatic heterocycles. The number of aryl methyl sites for hydroxylation is 1. The van der Waals surface area contributed by atoms with Crippen LogP contribution in [0.3, 0.4) is 0 Å². The van der Waals surface area contributed by atoms with Gasteiger partial charge in [0.1, 0.15) is 17.6 Å². The van der Waals surface area contributed by atoms with Crippen LogP contribution in [0.2, 0.25) is 0 Å². The molecule has 0 saturated heterocycles. The van der Waals surface area contributed by atoms with E-state index in [0.717, 1.165) is 0 Å². The lowest BCUT2D eigenvalue weighted by molar-refractivity contribution is -0.274. The molecule has 0 aliphatic carbocycles. The Morgan fingerprint density at radius 2 is 1.86 bits per heavy atom. The van der Waals surface area contributed by atoms with Crippen LogP contribution < -0.4 is 15.0 Å². The summed E-state index contributed by atoms with van der Waals surface area (Å²) in [7, 11) is 0. The molecule has 1 atom stereocenters. The monoisotopic (exact) mass is 405 g/mol. The van der Waals surface area contributed by atoms with E-state index in [1.807, 2.05) is 0 Å². The van der Waals surface area contributed by atoms with E-state index in [1.54, 1.807) is 37.3 Å². The third-order valence-corrected chi connectivity index (χ3v) is 3.87. The lowest BCUT2D eigenvalue weighted by Gasteiger charge is -2.11. The average Bonchev–Trinajstić information content (AvgIpc) is 3.31. The summed E-state index contributed by atoms with van der Waals surface area (Å²) in [5.41, 5.74) is 3.97. The van der Waals surface area contributed by atoms with Crippen molar-refractivity contribution in [2.45, 2.75) is 19.4 Å². The Morgan fingerprint density at radius 3 is 2.55 bits per heavy atom. The largest absolute Gasteiger partial charge is 0.573 e. The molecular formula is C19H14F3N3O4. The number of hydrogen-bond donors (Lipinski definition) is 1. The molecule has 10 heteroatoms. The van der Waals surface area contributed by atoms with Crippen molar-refractivity contribution < 1.29 is 32.0 Å². The maximum atomic E-state index is 12.2. The van der Waals surface area contributed by atoms with Crippen LogP contribution >= 0.6 is 0 Å². The quantitative estimate of drug-likeness (QED) is 0.672. The first-order valence-corrected chi connectivity index (χ1v) is 8.43. The number of nitrogens with one attached hydrogen (secondary N) is 1. The molecule has 0 amide bonds. The Balaban J connectivity index is 1.44. The SMILES string of the molecule is Cc1noc(-c2cccc(OC3=C[C@@H](c4ccc(OC(F)(F)F)cc4)ON3)c2)n1. The summed E-state index contributed by atoms with van der Waals surface area (Å²) in [6.45, 7) is 1.72. The highest BCUT2D eigenvalue weighted by molar-refractivity contribution is 5.55. The summed E-state index contributed by atoms with van der Waals surface area (Å²) in [5.74, 6) is 1.44. The van der Waals surface area contributed by atoms with E-state index in [9.17, 15) is 13.2 Å². The van der Waals surface area contributed by atoms with Crippen molar-refractivity contribution >= 4 is 0 Å². The first-order chi connectivity index (χ1) is 13.9. The molecule has 150 valence electrons. The molecule has 1 aliphatic rings. The number of ether oxygens (including phenoxy) is 2. The average molecular weight is 405 g/mol. The molecular weight excluding hydrogens is 391 g/mol. The number of benzene rings is 2. The maximum absolute atomic E-state index is 12.2. The minimum atomic E-state index is -4.73. The molecule has 0 fully saturated rings. The predicted molar refractivity (Wildman–Crippen MR) is 93.3 cm³/mol. The zero-order chi connectivity index (χ0) is 20.4. The van der Waals surface area contributed by atoms with Crippen molar-refractivity contribution in [1.82, 2.24) is 15.6 Å². The van der Waals surface area contributed by atoms with Crippen LogP contribution in [0.1, 0.15) is 17.5 Å². The van der Waals surface area contributed by atoms with Crippen LogP contribution in [0.25, 0.3) is 11.5 Å². The van der Waals surface area contributed by atoms with E-state index in [0.29, 0.717) is 34.5 Å². The van der Waals surface area contributed by atoms with E-state index < -0.39 is 12.5 Å². The number of nitrogens with zero attached hydrogens (tertiary/aromatic N) is 2. The van der Waals surface area contributed by atoms with E-state index >= 15 is 0 Å². The molecule has 0 bridgehead atoms. The number of halogens is 3. The smallest absolute Gasteiger partial charge is 0.439 e. The molecule has 2 aromatic carbocycles. The van der Waals surface area contributed by atoms with Crippen LogP contribution in [0.5, 0.6) is 11.5 Å². The van der Waals surface area contributed by atoms with Gasteiger partial charge in [-0.05, 0) is 42.8 Å². The molecule has 0 saturated carbocycles. The van der Waals surface area contributed by atoms with Crippen LogP contribution in [-0.4, -0.2) is 16.5 Å². The standard InChI is InChI=1S/C19H14F3N3O4/c1-11-23-18(29-24-11)13-3-2-4-15(9-13)26-17-10-16(28-25-17)12-5-7-14(8-6-12)27-19(20,21)22/h2-10,16,25H,1H3/t16-/m0/s1. The van der Waals surface area contributed by atoms with Crippen LogP contribution in [0.4, 0.5) is 13.2 Å². The summed E-state index contributed by atoms with van der Waals surface area (Å²) in [6, 6.07) is 12.4. The minimum Gasteiger partial charge on any atom is -0.439 e. The van der Waals surface area contributed by atoms with Crippen molar-refractivity contribution in [2.75, 3.05) is 0 Å². The molecule has 0 unspecified atom stereocenters. The second-order valence-corrected chi connectivity index (χ2v) is 6.06. The number of hydroxylamine groups is 1. The Labute approximate surface area is 162 Å². The van der Waals surface area contributed by atoms with Crippen molar-refractivity contribution in [3.8, 4) is 23.0 Å². The fourth-order valence-electron chi connectivity index (χ4n) is 2.64. The third-order valence-electron chi connectivity index (χ3n) is 3.87. The minimum absolute atomic E-state index is 0.305. The molecule has 0 radical (unpaired) electrons. The van der Waals surface area contributed by atoms with Crippen molar-refractivity contribution in [1.29, 1.82) is 0 Å². The fourth-order valence-corrected chi connectivity index (χ4v) is 2.64. The van der Waals surface area contributed by atoms with Gasteiger partial charge in [-0.15, -0.1) is 13.2 Å². The Morgan fingerprint density at radius 1 is 1.07 bits per heavy atom. The molecule has 3 aromatic rings. The van der Waals surface area contributed by atoms with Gasteiger partial charge in [0.15, 0.2) is 5.82 Å². The van der Waals surface area contributed by atoms with Gasteiger partial charge in [-0.25, -0.2) is 5.48 Å². The Hall–Kier alpha value is -3.53. The van der Waals surface area contributed by atoms with Gasteiger partial charge in [0.05, 0.1) is 0 Å². The van der Waals surface area contributed by atoms with E-state index in [4.69, 9.17) is 14.1 Å². The molecule has 7 nitrogen and oxygen atoms in total. The van der Waals surface area contributed by atoms with Gasteiger partial charge in [-0.2, -0.15) is 4.98 Å². The Bertz CT molecular complexity index is 1030. The normalized spacial score (nSPS) is 16.3. The highest BCUT2D eigenvalue weighted by Gasteiger charge is 2.31. The molecule has 1 aromatic heterocycles. The number of hydrogen-bond acceptors (Lipinski definition) is 7. The van der Waals surface area contributed by atoms with Gasteiger partial charge < -0.3 is 14.0 Å². The summed E-state index contributed by atoms with van der Waals surface area (Å²) < 4.78 is 51.5. The topological polar surface area (TPSA) is 78.6 Å². The van der Waals surface area contributed by atoms with Gasteiger partial charge in [0, 0.05) is 11.6 Å². The molecule has 1 N–H and O–H groups in total. The van der Waals surface area contributed by atoms with E-state index in [1.165, 1.54) is 24.3 Å².